The molecule has 0 bridgehead atoms. The van der Waals surface area contributed by atoms with E-state index in [9.17, 15) is 4.79 Å². The van der Waals surface area contributed by atoms with Crippen molar-refractivity contribution in [3.63, 3.8) is 0 Å². The smallest absolute Gasteiger partial charge is 0.225 e. The van der Waals surface area contributed by atoms with Crippen LogP contribution in [0.2, 0.25) is 0 Å². The number of para-hydroxylation sites is 1. The molecule has 2 aromatic carbocycles. The molecule has 1 saturated heterocycles. The van der Waals surface area contributed by atoms with Gasteiger partial charge in [0.05, 0.1) is 16.8 Å². The number of nitrogens with zero attached hydrogens (tertiary/aromatic N) is 6. The van der Waals surface area contributed by atoms with Gasteiger partial charge in [-0.2, -0.15) is 5.10 Å². The molecule has 186 valence electrons. The molecule has 0 atom stereocenters. The third-order valence-corrected chi connectivity index (χ3v) is 6.81. The van der Waals surface area contributed by atoms with E-state index in [1.807, 2.05) is 48.6 Å². The van der Waals surface area contributed by atoms with Gasteiger partial charge >= 0.3 is 0 Å². The average molecular weight is 483 g/mol. The van der Waals surface area contributed by atoms with Crippen LogP contribution in [-0.4, -0.2) is 56.7 Å². The summed E-state index contributed by atoms with van der Waals surface area (Å²) < 4.78 is 1.93. The predicted molar refractivity (Wildman–Crippen MR) is 144 cm³/mol. The Balaban J connectivity index is 1.59. The normalized spacial score (nSPS) is 14.5. The Morgan fingerprint density at radius 3 is 2.39 bits per heavy atom. The van der Waals surface area contributed by atoms with Crippen molar-refractivity contribution < 1.29 is 4.79 Å². The molecule has 0 saturated carbocycles. The Labute approximate surface area is 212 Å². The van der Waals surface area contributed by atoms with Gasteiger partial charge in [0, 0.05) is 38.5 Å². The lowest BCUT2D eigenvalue weighted by atomic mass is 10.1. The zero-order valence-corrected chi connectivity index (χ0v) is 21.6. The molecule has 36 heavy (non-hydrogen) atoms. The van der Waals surface area contributed by atoms with E-state index in [4.69, 9.17) is 15.1 Å². The molecular weight excluding hydrogens is 448 g/mol. The summed E-state index contributed by atoms with van der Waals surface area (Å²) in [6.45, 7) is 11.1. The number of benzene rings is 2. The summed E-state index contributed by atoms with van der Waals surface area (Å²) in [5.41, 5.74) is 5.12. The minimum absolute atomic E-state index is 0.00904. The molecule has 7 nitrogen and oxygen atoms in total. The van der Waals surface area contributed by atoms with Gasteiger partial charge in [0.25, 0.3) is 0 Å². The van der Waals surface area contributed by atoms with Crippen LogP contribution in [0, 0.1) is 19.8 Å². The molecule has 2 aromatic heterocycles. The van der Waals surface area contributed by atoms with Crippen LogP contribution in [0.25, 0.3) is 16.7 Å². The first-order valence-corrected chi connectivity index (χ1v) is 12.8. The highest BCUT2D eigenvalue weighted by Gasteiger charge is 2.25. The third kappa shape index (κ3) is 4.83. The van der Waals surface area contributed by atoms with Gasteiger partial charge < -0.3 is 9.80 Å². The molecular formula is C29H34N6O. The number of anilines is 1. The zero-order chi connectivity index (χ0) is 25.2. The Bertz CT molecular complexity index is 1360. The third-order valence-electron chi connectivity index (χ3n) is 6.81. The summed E-state index contributed by atoms with van der Waals surface area (Å²) in [6.07, 6.45) is 1.55. The number of hydrogen-bond acceptors (Lipinski definition) is 5. The molecule has 5 rings (SSSR count). The largest absolute Gasteiger partial charge is 0.354 e. The second-order valence-corrected chi connectivity index (χ2v) is 9.98. The van der Waals surface area contributed by atoms with Crippen molar-refractivity contribution >= 4 is 22.8 Å². The first-order chi connectivity index (χ1) is 17.4. The molecule has 0 spiro atoms. The molecule has 0 N–H and O–H groups in total. The molecule has 1 amide bonds. The lowest BCUT2D eigenvalue weighted by Crippen LogP contribution is -2.37. The van der Waals surface area contributed by atoms with E-state index < -0.39 is 0 Å². The Morgan fingerprint density at radius 1 is 0.917 bits per heavy atom. The highest BCUT2D eigenvalue weighted by atomic mass is 16.2. The van der Waals surface area contributed by atoms with Gasteiger partial charge in [0.2, 0.25) is 5.91 Å². The Morgan fingerprint density at radius 2 is 1.67 bits per heavy atom. The first kappa shape index (κ1) is 24.0. The van der Waals surface area contributed by atoms with Crippen LogP contribution in [0.15, 0.2) is 54.6 Å². The van der Waals surface area contributed by atoms with Crippen LogP contribution in [0.4, 0.5) is 5.82 Å². The minimum Gasteiger partial charge on any atom is -0.354 e. The Kier molecular flexibility index (Phi) is 6.72. The SMILES string of the molecule is Cc1ccc(Cc2nc(N3CCCN(C(=O)C(C)C)CC3)c3c(C)nn(-c4ccccc4)c3n2)cc1. The predicted octanol–water partition coefficient (Wildman–Crippen LogP) is 4.72. The maximum absolute atomic E-state index is 12.7. The summed E-state index contributed by atoms with van der Waals surface area (Å²) in [5, 5.41) is 5.87. The number of fused-ring (bicyclic) bond motifs is 1. The molecule has 1 fully saturated rings. The second-order valence-electron chi connectivity index (χ2n) is 9.98. The first-order valence-electron chi connectivity index (χ1n) is 12.8. The molecule has 1 aliphatic rings. The maximum atomic E-state index is 12.7. The van der Waals surface area contributed by atoms with Gasteiger partial charge in [0.1, 0.15) is 11.6 Å². The molecule has 0 aliphatic carbocycles. The molecule has 4 aromatic rings. The van der Waals surface area contributed by atoms with Crippen LogP contribution in [0.1, 0.15) is 42.9 Å². The molecule has 0 radical (unpaired) electrons. The van der Waals surface area contributed by atoms with Crippen molar-refractivity contribution in [2.24, 2.45) is 5.92 Å². The van der Waals surface area contributed by atoms with E-state index in [0.717, 1.165) is 60.1 Å². The number of rotatable bonds is 5. The summed E-state index contributed by atoms with van der Waals surface area (Å²) in [5.74, 6) is 1.92. The zero-order valence-electron chi connectivity index (χ0n) is 21.6. The number of carbonyl (C=O) groups excluding carboxylic acids is 1. The Hall–Kier alpha value is -3.74. The minimum atomic E-state index is 0.00904. The average Bonchev–Trinajstić information content (AvgIpc) is 3.04. The monoisotopic (exact) mass is 482 g/mol. The number of amides is 1. The van der Waals surface area contributed by atoms with E-state index in [1.54, 1.807) is 0 Å². The van der Waals surface area contributed by atoms with Gasteiger partial charge in [-0.15, -0.1) is 0 Å². The fraction of sp³-hybridized carbons (Fsp3) is 0.379. The van der Waals surface area contributed by atoms with Gasteiger partial charge in [-0.05, 0) is 38.0 Å². The van der Waals surface area contributed by atoms with E-state index in [0.29, 0.717) is 13.0 Å². The van der Waals surface area contributed by atoms with Crippen LogP contribution in [0.5, 0.6) is 0 Å². The molecule has 7 heteroatoms. The molecule has 0 unspecified atom stereocenters. The number of hydrogen-bond donors (Lipinski definition) is 0. The standard InChI is InChI=1S/C29H34N6O/c1-20(2)29(36)34-16-8-15-33(17-18-34)27-26-22(4)32-35(24-9-6-5-7-10-24)28(26)31-25(30-27)19-23-13-11-21(3)12-14-23/h5-7,9-14,20H,8,15-19H2,1-4H3. The quantitative estimate of drug-likeness (QED) is 0.412. The topological polar surface area (TPSA) is 67.2 Å². The summed E-state index contributed by atoms with van der Waals surface area (Å²) >= 11 is 0. The molecule has 1 aliphatic heterocycles. The van der Waals surface area contributed by atoms with Crippen LogP contribution in [0.3, 0.4) is 0 Å². The maximum Gasteiger partial charge on any atom is 0.225 e. The number of carbonyl (C=O) groups is 1. The van der Waals surface area contributed by atoms with Gasteiger partial charge in [-0.1, -0.05) is 61.9 Å². The number of aryl methyl sites for hydroxylation is 2. The van der Waals surface area contributed by atoms with Gasteiger partial charge in [-0.25, -0.2) is 14.6 Å². The lowest BCUT2D eigenvalue weighted by molar-refractivity contribution is -0.134. The van der Waals surface area contributed by atoms with E-state index in [2.05, 4.69) is 48.2 Å². The van der Waals surface area contributed by atoms with Crippen molar-refractivity contribution in [3.8, 4) is 5.69 Å². The van der Waals surface area contributed by atoms with E-state index >= 15 is 0 Å². The number of aromatic nitrogens is 4. The van der Waals surface area contributed by atoms with E-state index in [-0.39, 0.29) is 11.8 Å². The highest BCUT2D eigenvalue weighted by Crippen LogP contribution is 2.30. The van der Waals surface area contributed by atoms with Gasteiger partial charge in [0.15, 0.2) is 5.65 Å². The summed E-state index contributed by atoms with van der Waals surface area (Å²) in [6, 6.07) is 18.7. The fourth-order valence-electron chi connectivity index (χ4n) is 4.87. The van der Waals surface area contributed by atoms with Crippen molar-refractivity contribution in [1.82, 2.24) is 24.6 Å². The van der Waals surface area contributed by atoms with Crippen molar-refractivity contribution in [3.05, 3.63) is 77.2 Å². The fourth-order valence-corrected chi connectivity index (χ4v) is 4.87. The highest BCUT2D eigenvalue weighted by molar-refractivity contribution is 5.91. The lowest BCUT2D eigenvalue weighted by Gasteiger charge is -2.25. The van der Waals surface area contributed by atoms with Crippen LogP contribution < -0.4 is 4.90 Å². The van der Waals surface area contributed by atoms with Crippen LogP contribution >= 0.6 is 0 Å². The summed E-state index contributed by atoms with van der Waals surface area (Å²) in [7, 11) is 0. The molecule has 3 heterocycles. The van der Waals surface area contributed by atoms with Crippen molar-refractivity contribution in [2.75, 3.05) is 31.1 Å². The van der Waals surface area contributed by atoms with Crippen LogP contribution in [-0.2, 0) is 11.2 Å². The van der Waals surface area contributed by atoms with Crippen molar-refractivity contribution in [1.29, 1.82) is 0 Å². The van der Waals surface area contributed by atoms with Gasteiger partial charge in [-0.3, -0.25) is 4.79 Å². The summed E-state index contributed by atoms with van der Waals surface area (Å²) in [4.78, 5) is 27.1. The van der Waals surface area contributed by atoms with E-state index in [1.165, 1.54) is 11.1 Å². The van der Waals surface area contributed by atoms with Crippen molar-refractivity contribution in [2.45, 2.75) is 40.5 Å². The second kappa shape index (κ2) is 10.1.